The molecule has 0 atom stereocenters. The van der Waals surface area contributed by atoms with Gasteiger partial charge in [0.2, 0.25) is 0 Å². The average molecular weight is 327 g/mol. The SMILES string of the molecule is ClCCc1nc2cc(Cl)cnc2n1-c1ccc(Cl)cc1. The molecule has 0 amide bonds. The Labute approximate surface area is 131 Å². The Morgan fingerprint density at radius 1 is 1.05 bits per heavy atom. The van der Waals surface area contributed by atoms with Crippen molar-refractivity contribution >= 4 is 46.0 Å². The minimum absolute atomic E-state index is 0.491. The van der Waals surface area contributed by atoms with Crippen LogP contribution in [0, 0.1) is 0 Å². The maximum atomic E-state index is 5.97. The van der Waals surface area contributed by atoms with E-state index in [4.69, 9.17) is 34.8 Å². The van der Waals surface area contributed by atoms with Crippen molar-refractivity contribution in [3.63, 3.8) is 0 Å². The van der Waals surface area contributed by atoms with E-state index in [0.29, 0.717) is 22.3 Å². The van der Waals surface area contributed by atoms with Gasteiger partial charge in [0.25, 0.3) is 0 Å². The molecule has 0 saturated heterocycles. The van der Waals surface area contributed by atoms with Gasteiger partial charge in [-0.05, 0) is 30.3 Å². The van der Waals surface area contributed by atoms with E-state index in [1.807, 2.05) is 28.8 Å². The number of imidazole rings is 1. The minimum atomic E-state index is 0.491. The second-order valence-electron chi connectivity index (χ2n) is 4.28. The number of benzene rings is 1. The third-order valence-corrected chi connectivity index (χ3v) is 3.58. The number of halogens is 3. The maximum absolute atomic E-state index is 5.97. The van der Waals surface area contributed by atoms with Gasteiger partial charge in [0.05, 0.1) is 5.02 Å². The lowest BCUT2D eigenvalue weighted by atomic mass is 10.3. The molecule has 3 rings (SSSR count). The molecular formula is C14H10Cl3N3. The molecule has 0 saturated carbocycles. The summed E-state index contributed by atoms with van der Waals surface area (Å²) in [5.41, 5.74) is 2.47. The molecule has 20 heavy (non-hydrogen) atoms. The monoisotopic (exact) mass is 325 g/mol. The molecule has 0 fully saturated rings. The van der Waals surface area contributed by atoms with Crippen LogP contribution in [0.1, 0.15) is 5.82 Å². The van der Waals surface area contributed by atoms with Gasteiger partial charge in [0.15, 0.2) is 5.65 Å². The Morgan fingerprint density at radius 3 is 2.50 bits per heavy atom. The summed E-state index contributed by atoms with van der Waals surface area (Å²) in [7, 11) is 0. The highest BCUT2D eigenvalue weighted by Gasteiger charge is 2.13. The number of fused-ring (bicyclic) bond motifs is 1. The van der Waals surface area contributed by atoms with Crippen molar-refractivity contribution in [1.29, 1.82) is 0 Å². The van der Waals surface area contributed by atoms with Gasteiger partial charge in [0, 0.05) is 29.2 Å². The molecule has 0 radical (unpaired) electrons. The number of hydrogen-bond donors (Lipinski definition) is 0. The fourth-order valence-electron chi connectivity index (χ4n) is 2.10. The van der Waals surface area contributed by atoms with Crippen LogP contribution in [0.5, 0.6) is 0 Å². The van der Waals surface area contributed by atoms with Crippen LogP contribution in [0.15, 0.2) is 36.5 Å². The third kappa shape index (κ3) is 2.49. The normalized spacial score (nSPS) is 11.2. The summed E-state index contributed by atoms with van der Waals surface area (Å²) >= 11 is 17.8. The Bertz CT molecular complexity index is 750. The predicted octanol–water partition coefficient (Wildman–Crippen LogP) is 4.51. The van der Waals surface area contributed by atoms with Gasteiger partial charge in [-0.1, -0.05) is 23.2 Å². The number of alkyl halides is 1. The predicted molar refractivity (Wildman–Crippen MR) is 83.3 cm³/mol. The Morgan fingerprint density at radius 2 is 1.80 bits per heavy atom. The fourth-order valence-corrected chi connectivity index (χ4v) is 2.55. The largest absolute Gasteiger partial charge is 0.281 e. The van der Waals surface area contributed by atoms with E-state index in [-0.39, 0.29) is 0 Å². The van der Waals surface area contributed by atoms with Gasteiger partial charge in [0.1, 0.15) is 11.3 Å². The number of nitrogens with zero attached hydrogens (tertiary/aromatic N) is 3. The maximum Gasteiger partial charge on any atom is 0.164 e. The molecule has 0 spiro atoms. The van der Waals surface area contributed by atoms with E-state index in [0.717, 1.165) is 22.7 Å². The van der Waals surface area contributed by atoms with Crippen molar-refractivity contribution in [2.24, 2.45) is 0 Å². The summed E-state index contributed by atoms with van der Waals surface area (Å²) < 4.78 is 1.98. The smallest absolute Gasteiger partial charge is 0.164 e. The highest BCUT2D eigenvalue weighted by Crippen LogP contribution is 2.23. The van der Waals surface area contributed by atoms with Crippen molar-refractivity contribution in [3.05, 3.63) is 52.4 Å². The van der Waals surface area contributed by atoms with Gasteiger partial charge in [-0.15, -0.1) is 11.6 Å². The first-order chi connectivity index (χ1) is 9.69. The lowest BCUT2D eigenvalue weighted by molar-refractivity contribution is 0.905. The molecule has 6 heteroatoms. The molecule has 0 aliphatic heterocycles. The first kappa shape index (κ1) is 13.7. The minimum Gasteiger partial charge on any atom is -0.281 e. The van der Waals surface area contributed by atoms with Crippen molar-refractivity contribution in [2.75, 3.05) is 5.88 Å². The van der Waals surface area contributed by atoms with E-state index in [9.17, 15) is 0 Å². The summed E-state index contributed by atoms with van der Waals surface area (Å²) in [6.07, 6.45) is 2.26. The highest BCUT2D eigenvalue weighted by molar-refractivity contribution is 6.31. The molecule has 102 valence electrons. The highest BCUT2D eigenvalue weighted by atomic mass is 35.5. The lowest BCUT2D eigenvalue weighted by Gasteiger charge is -2.07. The van der Waals surface area contributed by atoms with Crippen LogP contribution in [0.2, 0.25) is 10.0 Å². The lowest BCUT2D eigenvalue weighted by Crippen LogP contribution is -2.02. The molecule has 0 N–H and O–H groups in total. The Kier molecular flexibility index (Phi) is 3.83. The van der Waals surface area contributed by atoms with E-state index in [1.165, 1.54) is 0 Å². The van der Waals surface area contributed by atoms with Crippen LogP contribution >= 0.6 is 34.8 Å². The first-order valence-electron chi connectivity index (χ1n) is 6.04. The summed E-state index contributed by atoms with van der Waals surface area (Å²) in [5, 5.41) is 1.25. The molecule has 0 aliphatic carbocycles. The number of pyridine rings is 1. The van der Waals surface area contributed by atoms with Gasteiger partial charge < -0.3 is 0 Å². The van der Waals surface area contributed by atoms with E-state index >= 15 is 0 Å². The Balaban J connectivity index is 2.25. The van der Waals surface area contributed by atoms with Crippen LogP contribution in [-0.4, -0.2) is 20.4 Å². The summed E-state index contributed by atoms with van der Waals surface area (Å²) in [5.74, 6) is 1.34. The molecule has 3 aromatic rings. The third-order valence-electron chi connectivity index (χ3n) is 2.94. The van der Waals surface area contributed by atoms with Crippen molar-refractivity contribution in [1.82, 2.24) is 14.5 Å². The van der Waals surface area contributed by atoms with Crippen molar-refractivity contribution in [2.45, 2.75) is 6.42 Å². The van der Waals surface area contributed by atoms with E-state index in [2.05, 4.69) is 9.97 Å². The van der Waals surface area contributed by atoms with Gasteiger partial charge in [-0.25, -0.2) is 9.97 Å². The van der Waals surface area contributed by atoms with Gasteiger partial charge in [-0.3, -0.25) is 4.57 Å². The Hall–Kier alpha value is -1.29. The van der Waals surface area contributed by atoms with Crippen LogP contribution in [0.3, 0.4) is 0 Å². The van der Waals surface area contributed by atoms with E-state index < -0.39 is 0 Å². The van der Waals surface area contributed by atoms with Gasteiger partial charge in [-0.2, -0.15) is 0 Å². The molecule has 0 aliphatic rings. The van der Waals surface area contributed by atoms with Crippen LogP contribution < -0.4 is 0 Å². The first-order valence-corrected chi connectivity index (χ1v) is 7.33. The van der Waals surface area contributed by atoms with Crippen molar-refractivity contribution < 1.29 is 0 Å². The van der Waals surface area contributed by atoms with Crippen LogP contribution in [0.25, 0.3) is 16.9 Å². The summed E-state index contributed by atoms with van der Waals surface area (Å²) in [6, 6.07) is 9.33. The zero-order valence-corrected chi connectivity index (χ0v) is 12.6. The summed E-state index contributed by atoms with van der Waals surface area (Å²) in [4.78, 5) is 8.94. The number of aromatic nitrogens is 3. The molecule has 2 aromatic heterocycles. The number of rotatable bonds is 3. The van der Waals surface area contributed by atoms with Crippen LogP contribution in [0.4, 0.5) is 0 Å². The number of hydrogen-bond acceptors (Lipinski definition) is 2. The molecular weight excluding hydrogens is 317 g/mol. The zero-order valence-electron chi connectivity index (χ0n) is 10.4. The van der Waals surface area contributed by atoms with Crippen molar-refractivity contribution in [3.8, 4) is 5.69 Å². The fraction of sp³-hybridized carbons (Fsp3) is 0.143. The second-order valence-corrected chi connectivity index (χ2v) is 5.53. The van der Waals surface area contributed by atoms with E-state index in [1.54, 1.807) is 12.3 Å². The second kappa shape index (κ2) is 5.60. The standard InChI is InChI=1S/C14H10Cl3N3/c15-6-5-13-19-12-7-10(17)8-18-14(12)20(13)11-3-1-9(16)2-4-11/h1-4,7-8H,5-6H2. The van der Waals surface area contributed by atoms with Gasteiger partial charge >= 0.3 is 0 Å². The molecule has 1 aromatic carbocycles. The summed E-state index contributed by atoms with van der Waals surface area (Å²) in [6.45, 7) is 0. The van der Waals surface area contributed by atoms with Crippen LogP contribution in [-0.2, 0) is 6.42 Å². The molecule has 2 heterocycles. The molecule has 0 bridgehead atoms. The zero-order chi connectivity index (χ0) is 14.1. The average Bonchev–Trinajstić information content (AvgIpc) is 2.77. The quantitative estimate of drug-likeness (QED) is 0.663. The molecule has 3 nitrogen and oxygen atoms in total. The number of aryl methyl sites for hydroxylation is 1. The molecule has 0 unspecified atom stereocenters. The topological polar surface area (TPSA) is 30.7 Å².